The first kappa shape index (κ1) is 15.0. The van der Waals surface area contributed by atoms with Crippen LogP contribution in [-0.4, -0.2) is 17.3 Å². The molecule has 106 valence electrons. The Morgan fingerprint density at radius 1 is 1.32 bits per heavy atom. The zero-order chi connectivity index (χ0) is 14.3. The first-order valence-corrected chi connectivity index (χ1v) is 7.36. The van der Waals surface area contributed by atoms with Crippen LogP contribution in [0.15, 0.2) is 18.2 Å². The highest BCUT2D eigenvalue weighted by atomic mass is 35.5. The smallest absolute Gasteiger partial charge is 0.138 e. The van der Waals surface area contributed by atoms with E-state index in [1.54, 1.807) is 0 Å². The van der Waals surface area contributed by atoms with Gasteiger partial charge in [0, 0.05) is 12.3 Å². The number of hydrogen-bond donors (Lipinski definition) is 0. The largest absolute Gasteiger partial charge is 0.486 e. The van der Waals surface area contributed by atoms with E-state index in [2.05, 4.69) is 13.8 Å². The molecule has 1 aromatic carbocycles. The topological polar surface area (TPSA) is 18.5 Å². The van der Waals surface area contributed by atoms with Gasteiger partial charge in [-0.1, -0.05) is 17.7 Å². The van der Waals surface area contributed by atoms with E-state index in [1.165, 1.54) is 0 Å². The maximum absolute atomic E-state index is 6.23. The van der Waals surface area contributed by atoms with Crippen LogP contribution >= 0.6 is 23.2 Å². The normalized spacial score (nSPS) is 24.4. The minimum absolute atomic E-state index is 0.0122. The molecule has 4 heteroatoms. The summed E-state index contributed by atoms with van der Waals surface area (Å²) in [6, 6.07) is 5.65. The second-order valence-electron chi connectivity index (χ2n) is 6.17. The zero-order valence-corrected chi connectivity index (χ0v) is 13.3. The van der Waals surface area contributed by atoms with Crippen LogP contribution in [0.1, 0.15) is 39.7 Å². The molecule has 0 aliphatic carbocycles. The molecule has 1 saturated heterocycles. The van der Waals surface area contributed by atoms with E-state index in [1.807, 2.05) is 32.0 Å². The molecule has 1 aromatic rings. The molecule has 1 fully saturated rings. The second-order valence-corrected chi connectivity index (χ2v) is 6.85. The molecule has 0 amide bonds. The quantitative estimate of drug-likeness (QED) is 0.746. The predicted octanol–water partition coefficient (Wildman–Crippen LogP) is 4.80. The van der Waals surface area contributed by atoms with Crippen molar-refractivity contribution >= 4 is 23.2 Å². The standard InChI is InChI=1S/C15H20Cl2O2/c1-14(2)8-13(15(3,4)19-14)18-12-6-5-10(9-16)7-11(12)17/h5-7,13H,8-9H2,1-4H3. The molecule has 0 radical (unpaired) electrons. The molecule has 1 aliphatic rings. The Kier molecular flexibility index (Phi) is 4.06. The van der Waals surface area contributed by atoms with Crippen molar-refractivity contribution in [1.82, 2.24) is 0 Å². The zero-order valence-electron chi connectivity index (χ0n) is 11.8. The van der Waals surface area contributed by atoms with Gasteiger partial charge in [0.05, 0.1) is 10.6 Å². The van der Waals surface area contributed by atoms with Gasteiger partial charge in [-0.3, -0.25) is 0 Å². The molecule has 1 aliphatic heterocycles. The summed E-state index contributed by atoms with van der Waals surface area (Å²) in [5.74, 6) is 1.14. The molecule has 2 nitrogen and oxygen atoms in total. The number of rotatable bonds is 3. The molecule has 2 rings (SSSR count). The summed E-state index contributed by atoms with van der Waals surface area (Å²) in [6.07, 6.45) is 0.829. The Balaban J connectivity index is 2.18. The molecule has 1 atom stereocenters. The molecule has 0 saturated carbocycles. The Labute approximate surface area is 125 Å². The van der Waals surface area contributed by atoms with Gasteiger partial charge in [0.25, 0.3) is 0 Å². The molecule has 0 spiro atoms. The molecule has 0 bridgehead atoms. The predicted molar refractivity (Wildman–Crippen MR) is 79.3 cm³/mol. The molecule has 19 heavy (non-hydrogen) atoms. The van der Waals surface area contributed by atoms with Gasteiger partial charge in [-0.25, -0.2) is 0 Å². The van der Waals surface area contributed by atoms with Gasteiger partial charge in [0.15, 0.2) is 0 Å². The summed E-state index contributed by atoms with van der Waals surface area (Å²) < 4.78 is 12.1. The van der Waals surface area contributed by atoms with E-state index in [9.17, 15) is 0 Å². The number of hydrogen-bond acceptors (Lipinski definition) is 2. The highest BCUT2D eigenvalue weighted by Gasteiger charge is 2.47. The van der Waals surface area contributed by atoms with Crippen LogP contribution in [0.4, 0.5) is 0 Å². The number of halogens is 2. The molecule has 1 unspecified atom stereocenters. The summed E-state index contributed by atoms with van der Waals surface area (Å²) in [6.45, 7) is 8.26. The van der Waals surface area contributed by atoms with E-state index in [-0.39, 0.29) is 17.3 Å². The lowest BCUT2D eigenvalue weighted by atomic mass is 9.97. The highest BCUT2D eigenvalue weighted by Crippen LogP contribution is 2.40. The van der Waals surface area contributed by atoms with Crippen LogP contribution in [0.25, 0.3) is 0 Å². The van der Waals surface area contributed by atoms with E-state index < -0.39 is 0 Å². The van der Waals surface area contributed by atoms with Gasteiger partial charge in [-0.05, 0) is 45.4 Å². The van der Waals surface area contributed by atoms with Crippen LogP contribution in [-0.2, 0) is 10.6 Å². The van der Waals surface area contributed by atoms with Gasteiger partial charge in [-0.15, -0.1) is 11.6 Å². The molecular formula is C15H20Cl2O2. The van der Waals surface area contributed by atoms with Crippen molar-refractivity contribution in [3.63, 3.8) is 0 Å². The molecule has 0 aromatic heterocycles. The van der Waals surface area contributed by atoms with Gasteiger partial charge in [-0.2, -0.15) is 0 Å². The van der Waals surface area contributed by atoms with Crippen LogP contribution < -0.4 is 4.74 Å². The van der Waals surface area contributed by atoms with Crippen molar-refractivity contribution in [1.29, 1.82) is 0 Å². The third-order valence-electron chi connectivity index (χ3n) is 3.41. The first-order valence-electron chi connectivity index (χ1n) is 6.45. The average Bonchev–Trinajstić information content (AvgIpc) is 2.49. The number of ether oxygens (including phenoxy) is 2. The summed E-state index contributed by atoms with van der Waals surface area (Å²) in [4.78, 5) is 0. The van der Waals surface area contributed by atoms with E-state index in [4.69, 9.17) is 32.7 Å². The average molecular weight is 303 g/mol. The lowest BCUT2D eigenvalue weighted by Gasteiger charge is -2.27. The third-order valence-corrected chi connectivity index (χ3v) is 4.02. The van der Waals surface area contributed by atoms with Gasteiger partial charge in [0.1, 0.15) is 17.5 Å². The van der Waals surface area contributed by atoms with E-state index in [0.29, 0.717) is 16.7 Å². The van der Waals surface area contributed by atoms with E-state index >= 15 is 0 Å². The van der Waals surface area contributed by atoms with Crippen molar-refractivity contribution in [2.24, 2.45) is 0 Å². The summed E-state index contributed by atoms with van der Waals surface area (Å²) in [5.41, 5.74) is 0.496. The summed E-state index contributed by atoms with van der Waals surface area (Å²) in [7, 11) is 0. The van der Waals surface area contributed by atoms with Crippen LogP contribution in [0, 0.1) is 0 Å². The Morgan fingerprint density at radius 3 is 2.47 bits per heavy atom. The fourth-order valence-electron chi connectivity index (χ4n) is 2.57. The van der Waals surface area contributed by atoms with Crippen LogP contribution in [0.2, 0.25) is 5.02 Å². The Bertz CT molecular complexity index is 469. The third kappa shape index (κ3) is 3.36. The maximum Gasteiger partial charge on any atom is 0.138 e. The van der Waals surface area contributed by atoms with Crippen molar-refractivity contribution in [3.8, 4) is 5.75 Å². The first-order chi connectivity index (χ1) is 8.73. The monoisotopic (exact) mass is 302 g/mol. The molecular weight excluding hydrogens is 283 g/mol. The number of alkyl halides is 1. The van der Waals surface area contributed by atoms with Crippen molar-refractivity contribution in [3.05, 3.63) is 28.8 Å². The van der Waals surface area contributed by atoms with E-state index in [0.717, 1.165) is 12.0 Å². The summed E-state index contributed by atoms with van der Waals surface area (Å²) >= 11 is 12.0. The Hall–Kier alpha value is -0.440. The van der Waals surface area contributed by atoms with Crippen LogP contribution in [0.3, 0.4) is 0 Å². The minimum Gasteiger partial charge on any atom is -0.486 e. The van der Waals surface area contributed by atoms with Gasteiger partial charge < -0.3 is 9.47 Å². The van der Waals surface area contributed by atoms with Crippen molar-refractivity contribution < 1.29 is 9.47 Å². The lowest BCUT2D eigenvalue weighted by Crippen LogP contribution is -2.36. The van der Waals surface area contributed by atoms with Crippen molar-refractivity contribution in [2.45, 2.75) is 57.3 Å². The summed E-state index contributed by atoms with van der Waals surface area (Å²) in [5, 5.41) is 0.596. The Morgan fingerprint density at radius 2 is 2.00 bits per heavy atom. The molecule has 1 heterocycles. The number of benzene rings is 1. The lowest BCUT2D eigenvalue weighted by molar-refractivity contribution is -0.0845. The minimum atomic E-state index is -0.321. The molecule has 0 N–H and O–H groups in total. The highest BCUT2D eigenvalue weighted by molar-refractivity contribution is 6.32. The maximum atomic E-state index is 6.23. The van der Waals surface area contributed by atoms with Crippen molar-refractivity contribution in [2.75, 3.05) is 0 Å². The van der Waals surface area contributed by atoms with Crippen LogP contribution in [0.5, 0.6) is 5.75 Å². The fraction of sp³-hybridized carbons (Fsp3) is 0.600. The SMILES string of the molecule is CC1(C)CC(Oc2ccc(CCl)cc2Cl)C(C)(C)O1. The van der Waals surface area contributed by atoms with Gasteiger partial charge in [0.2, 0.25) is 0 Å². The van der Waals surface area contributed by atoms with Gasteiger partial charge >= 0.3 is 0 Å². The second kappa shape index (κ2) is 5.16. The fourth-order valence-corrected chi connectivity index (χ4v) is 2.99.